The number of carbonyl (C=O) groups excluding carboxylic acids is 8. The molecule has 0 bridgehead atoms. The summed E-state index contributed by atoms with van der Waals surface area (Å²) in [5, 5.41) is 7.15. The summed E-state index contributed by atoms with van der Waals surface area (Å²) in [5.74, 6) is -5.89. The molecule has 492 valence electrons. The van der Waals surface area contributed by atoms with Crippen molar-refractivity contribution < 1.29 is 66.8 Å². The highest BCUT2D eigenvalue weighted by Crippen LogP contribution is 2.58. The molecule has 0 aromatic heterocycles. The maximum Gasteiger partial charge on any atom is 0.329 e. The molecule has 0 fully saturated rings. The molecule has 0 radical (unpaired) electrons. The molecule has 2 aliphatic rings. The first-order valence-corrected chi connectivity index (χ1v) is 31.9. The molecule has 96 heavy (non-hydrogen) atoms. The molecular weight excluding hydrogens is 1220 g/mol. The Morgan fingerprint density at radius 2 is 0.594 bits per heavy atom. The lowest BCUT2D eigenvalue weighted by Gasteiger charge is -2.36. The zero-order chi connectivity index (χ0) is 69.2. The van der Waals surface area contributed by atoms with Crippen LogP contribution < -0.4 is 29.6 Å². The number of aryl methyl sites for hydroxylation is 8. The molecule has 18 heteroatoms. The highest BCUT2D eigenvalue weighted by molar-refractivity contribution is 6.45. The summed E-state index contributed by atoms with van der Waals surface area (Å²) < 4.78 is 40.5. The van der Waals surface area contributed by atoms with Crippen LogP contribution in [0.5, 0.6) is 46.0 Å². The van der Waals surface area contributed by atoms with Crippen molar-refractivity contribution in [3.63, 3.8) is 0 Å². The topological polar surface area (TPSA) is 222 Å². The Labute approximate surface area is 556 Å². The van der Waals surface area contributed by atoms with E-state index in [1.54, 1.807) is 65.8 Å². The van der Waals surface area contributed by atoms with Crippen molar-refractivity contribution in [3.8, 4) is 46.0 Å². The Kier molecular flexibility index (Phi) is 18.1. The number of nitrogens with one attached hydrogen (secondary N) is 2. The second kappa shape index (κ2) is 26.1. The van der Waals surface area contributed by atoms with Crippen molar-refractivity contribution in [1.29, 1.82) is 0 Å². The molecule has 2 unspecified atom stereocenters. The van der Waals surface area contributed by atoms with Crippen LogP contribution in [0.2, 0.25) is 0 Å². The van der Waals surface area contributed by atoms with E-state index in [0.29, 0.717) is 23.0 Å². The van der Waals surface area contributed by atoms with Crippen molar-refractivity contribution in [3.05, 3.63) is 188 Å². The number of hydrogen-bond donors (Lipinski definition) is 2. The number of benzene rings is 9. The van der Waals surface area contributed by atoms with Gasteiger partial charge in [-0.15, -0.1) is 0 Å². The van der Waals surface area contributed by atoms with Gasteiger partial charge in [-0.1, -0.05) is 65.1 Å². The normalized spacial score (nSPS) is 13.5. The van der Waals surface area contributed by atoms with Gasteiger partial charge in [0.05, 0.1) is 35.3 Å². The summed E-state index contributed by atoms with van der Waals surface area (Å²) in [6.07, 6.45) is 0. The van der Waals surface area contributed by atoms with E-state index in [4.69, 9.17) is 28.4 Å². The van der Waals surface area contributed by atoms with Crippen molar-refractivity contribution in [1.82, 2.24) is 20.4 Å². The van der Waals surface area contributed by atoms with Gasteiger partial charge in [0, 0.05) is 54.2 Å². The van der Waals surface area contributed by atoms with Crippen LogP contribution in [0.15, 0.2) is 121 Å². The number of carbonyl (C=O) groups is 8. The second-order valence-electron chi connectivity index (χ2n) is 26.1. The van der Waals surface area contributed by atoms with E-state index < -0.39 is 71.3 Å². The predicted molar refractivity (Wildman–Crippen MR) is 367 cm³/mol. The summed E-state index contributed by atoms with van der Waals surface area (Å²) in [6, 6.07) is 25.7. The first kappa shape index (κ1) is 66.6. The van der Waals surface area contributed by atoms with E-state index in [1.165, 1.54) is 0 Å². The monoisotopic (exact) mass is 1290 g/mol. The number of amides is 6. The van der Waals surface area contributed by atoms with Crippen LogP contribution in [-0.2, 0) is 28.7 Å². The van der Waals surface area contributed by atoms with Gasteiger partial charge in [0.2, 0.25) is 11.8 Å². The lowest BCUT2D eigenvalue weighted by Crippen LogP contribution is -2.53. The van der Waals surface area contributed by atoms with Crippen molar-refractivity contribution in [2.45, 2.75) is 109 Å². The van der Waals surface area contributed by atoms with Gasteiger partial charge < -0.3 is 39.1 Å². The molecule has 0 saturated carbocycles. The quantitative estimate of drug-likeness (QED) is 0.0161. The summed E-state index contributed by atoms with van der Waals surface area (Å²) in [4.78, 5) is 120. The van der Waals surface area contributed by atoms with Gasteiger partial charge in [-0.05, 0) is 198 Å². The van der Waals surface area contributed by atoms with Gasteiger partial charge >= 0.3 is 11.9 Å². The maximum atomic E-state index is 16.1. The van der Waals surface area contributed by atoms with E-state index in [-0.39, 0.29) is 126 Å². The zero-order valence-electron chi connectivity index (χ0n) is 56.4. The predicted octanol–water partition coefficient (Wildman–Crippen LogP) is 15.1. The minimum absolute atomic E-state index is 0.0393. The number of rotatable bonds is 22. The van der Waals surface area contributed by atoms with Crippen LogP contribution in [0.3, 0.4) is 0 Å². The van der Waals surface area contributed by atoms with Crippen LogP contribution >= 0.6 is 0 Å². The first-order valence-electron chi connectivity index (χ1n) is 31.9. The summed E-state index contributed by atoms with van der Waals surface area (Å²) in [7, 11) is 0. The number of nitrogens with zero attached hydrogens (tertiary/aromatic N) is 2. The molecule has 0 spiro atoms. The highest BCUT2D eigenvalue weighted by Gasteiger charge is 2.48. The molecule has 6 amide bonds. The van der Waals surface area contributed by atoms with Crippen LogP contribution in [0.25, 0.3) is 43.1 Å². The average molecular weight is 1290 g/mol. The Morgan fingerprint density at radius 1 is 0.365 bits per heavy atom. The number of ether oxygens (including phenoxy) is 6. The summed E-state index contributed by atoms with van der Waals surface area (Å²) >= 11 is 0. The van der Waals surface area contributed by atoms with Crippen LogP contribution in [0, 0.1) is 67.2 Å². The maximum absolute atomic E-state index is 16.1. The fraction of sp³-hybridized carbons (Fsp3) is 0.282. The molecule has 11 rings (SSSR count). The Morgan fingerprint density at radius 3 is 0.802 bits per heavy atom. The van der Waals surface area contributed by atoms with E-state index >= 15 is 19.2 Å². The van der Waals surface area contributed by atoms with Crippen LogP contribution in [-0.4, -0.2) is 95.6 Å². The van der Waals surface area contributed by atoms with Crippen molar-refractivity contribution in [2.75, 3.05) is 26.3 Å². The molecule has 9 aromatic carbocycles. The Bertz CT molecular complexity index is 4250. The summed E-state index contributed by atoms with van der Waals surface area (Å²) in [6.45, 7) is 31.8. The molecule has 2 atom stereocenters. The average Bonchev–Trinajstić information content (AvgIpc) is 0.670. The molecule has 9 aromatic rings. The SMILES string of the molecule is C=C(C)C(=O)NCCOC(=O)C(C(C)C)N1C(=O)c2cc(Oc3cc(C)cc(C)c3)c3c4c(Oc5cc(C)cc(C)c5)cc5c6c(cc(Oc7cc(C)cc(C)c7)c(c7c(Oc8cc(C)cc(C)c8)cc(c2c37)C1=O)c64)C(=O)N(C(C(=O)OCCNC(=O)C(=C)C)C(C)C)C5=O. The largest absolute Gasteiger partial charge is 0.462 e. The van der Waals surface area contributed by atoms with Gasteiger partial charge in [0.15, 0.2) is 0 Å². The first-order chi connectivity index (χ1) is 45.5. The fourth-order valence-corrected chi connectivity index (χ4v) is 13.3. The minimum atomic E-state index is -1.50. The van der Waals surface area contributed by atoms with Crippen LogP contribution in [0.1, 0.15) is 127 Å². The van der Waals surface area contributed by atoms with Crippen LogP contribution in [0.4, 0.5) is 0 Å². The zero-order valence-corrected chi connectivity index (χ0v) is 56.4. The van der Waals surface area contributed by atoms with Gasteiger partial charge in [-0.3, -0.25) is 38.6 Å². The van der Waals surface area contributed by atoms with E-state index in [1.807, 2.05) is 128 Å². The van der Waals surface area contributed by atoms with Gasteiger partial charge in [-0.25, -0.2) is 9.59 Å². The molecule has 18 nitrogen and oxygen atoms in total. The third-order valence-corrected chi connectivity index (χ3v) is 17.0. The molecule has 2 heterocycles. The number of fused-ring (bicyclic) bond motifs is 2. The molecule has 0 aliphatic carbocycles. The molecule has 0 saturated heterocycles. The third kappa shape index (κ3) is 12.6. The van der Waals surface area contributed by atoms with E-state index in [9.17, 15) is 19.2 Å². The van der Waals surface area contributed by atoms with Gasteiger partial charge in [0.1, 0.15) is 71.3 Å². The molecule has 2 N–H and O–H groups in total. The van der Waals surface area contributed by atoms with E-state index in [0.717, 1.165) is 54.3 Å². The van der Waals surface area contributed by atoms with E-state index in [2.05, 4.69) is 23.8 Å². The number of esters is 2. The smallest absolute Gasteiger partial charge is 0.329 e. The number of hydrogen-bond acceptors (Lipinski definition) is 14. The molecular formula is C78H76N4O14. The molecule has 2 aliphatic heterocycles. The van der Waals surface area contributed by atoms with Crippen molar-refractivity contribution in [2.24, 2.45) is 11.8 Å². The standard InChI is InChI=1S/C78H76N4O14/c1-37(2)69(77(89)91-19-17-79-71(83)39(5)6)81-73(85)53-33-57(93-49-25-41(9)21-42(10)26-49)63-65-59(95-51-29-45(13)23-46(14)30-51)35-55-62-56(76(88)82(75(55)87)70(38(3)4)78(90)92-20-18-80-72(84)40(7)8)36-60(96-52-31-47(15)24-48(16)32-52)66(68(62)65)64-58(34-54(74(81)86)61(53)67(63)64)94-50-27-43(11)22-44(12)28-50/h21-38,69-70H,5,7,17-20H2,1-4,6,8-16H3,(H,79,83)(H,80,84). The lowest BCUT2D eigenvalue weighted by molar-refractivity contribution is -0.150. The van der Waals surface area contributed by atoms with Crippen molar-refractivity contribution >= 4 is 90.5 Å². The Balaban J connectivity index is 1.30. The summed E-state index contributed by atoms with van der Waals surface area (Å²) in [5.41, 5.74) is 7.07. The lowest BCUT2D eigenvalue weighted by atomic mass is 9.80. The van der Waals surface area contributed by atoms with Gasteiger partial charge in [0.25, 0.3) is 23.6 Å². The van der Waals surface area contributed by atoms with Gasteiger partial charge in [-0.2, -0.15) is 0 Å². The fourth-order valence-electron chi connectivity index (χ4n) is 13.3. The second-order valence-corrected chi connectivity index (χ2v) is 26.1. The minimum Gasteiger partial charge on any atom is -0.462 e. The third-order valence-electron chi connectivity index (χ3n) is 17.0. The highest BCUT2D eigenvalue weighted by atomic mass is 16.5. The number of imide groups is 2. The Hall–Kier alpha value is -10.9.